The Bertz CT molecular complexity index is 697. The molecule has 0 aliphatic rings. The van der Waals surface area contributed by atoms with Crippen molar-refractivity contribution in [3.05, 3.63) is 47.9 Å². The molecule has 0 spiro atoms. The molecule has 2 rings (SSSR count). The summed E-state index contributed by atoms with van der Waals surface area (Å²) in [6.07, 6.45) is 1.71. The number of benzene rings is 1. The van der Waals surface area contributed by atoms with Crippen LogP contribution in [0.25, 0.3) is 0 Å². The average molecular weight is 278 g/mol. The second-order valence-corrected chi connectivity index (χ2v) is 6.37. The molecule has 0 amide bonds. The van der Waals surface area contributed by atoms with E-state index >= 15 is 0 Å². The summed E-state index contributed by atoms with van der Waals surface area (Å²) in [6, 6.07) is 8.33. The molecule has 6 heteroatoms. The van der Waals surface area contributed by atoms with Crippen molar-refractivity contribution >= 4 is 15.7 Å². The fourth-order valence-corrected chi connectivity index (χ4v) is 3.12. The lowest BCUT2D eigenvalue weighted by atomic mass is 10.3. The van der Waals surface area contributed by atoms with Gasteiger partial charge < -0.3 is 5.73 Å². The van der Waals surface area contributed by atoms with Crippen molar-refractivity contribution in [2.75, 3.05) is 5.73 Å². The first-order valence-corrected chi connectivity index (χ1v) is 7.45. The third-order valence-corrected chi connectivity index (χ3v) is 4.60. The third kappa shape index (κ3) is 2.90. The summed E-state index contributed by atoms with van der Waals surface area (Å²) in [6.45, 7) is 1.81. The van der Waals surface area contributed by atoms with Gasteiger partial charge in [0.25, 0.3) is 5.82 Å². The number of aryl methyl sites for hydroxylation is 2. The van der Waals surface area contributed by atoms with Crippen LogP contribution in [0.5, 0.6) is 0 Å². The highest BCUT2D eigenvalue weighted by molar-refractivity contribution is 7.90. The van der Waals surface area contributed by atoms with E-state index in [9.17, 15) is 8.42 Å². The molecule has 100 valence electrons. The van der Waals surface area contributed by atoms with Crippen LogP contribution < -0.4 is 10.3 Å². The predicted molar refractivity (Wildman–Crippen MR) is 71.9 cm³/mol. The molecule has 19 heavy (non-hydrogen) atoms. The van der Waals surface area contributed by atoms with Crippen molar-refractivity contribution in [3.8, 4) is 0 Å². The second-order valence-electron chi connectivity index (χ2n) is 4.38. The molecule has 0 unspecified atom stereocenters. The number of anilines is 1. The minimum Gasteiger partial charge on any atom is -0.363 e. The number of sulfone groups is 1. The molecule has 2 aromatic rings. The van der Waals surface area contributed by atoms with Gasteiger partial charge in [-0.25, -0.2) is 13.0 Å². The highest BCUT2D eigenvalue weighted by Crippen LogP contribution is 2.17. The zero-order chi connectivity index (χ0) is 14.0. The quantitative estimate of drug-likeness (QED) is 0.841. The van der Waals surface area contributed by atoms with Crippen LogP contribution in [0.3, 0.4) is 0 Å². The Kier molecular flexibility index (Phi) is 3.53. The highest BCUT2D eigenvalue weighted by Gasteiger charge is 2.21. The summed E-state index contributed by atoms with van der Waals surface area (Å²) in [4.78, 5) is 4.42. The van der Waals surface area contributed by atoms with Crippen molar-refractivity contribution in [2.24, 2.45) is 7.05 Å². The fourth-order valence-electron chi connectivity index (χ4n) is 1.75. The molecule has 0 fully saturated rings. The monoisotopic (exact) mass is 278 g/mol. The molecule has 2 N–H and O–H groups in total. The van der Waals surface area contributed by atoms with Gasteiger partial charge in [0.05, 0.1) is 23.3 Å². The Labute approximate surface area is 112 Å². The largest absolute Gasteiger partial charge is 0.363 e. The first-order chi connectivity index (χ1) is 8.90. The molecular weight excluding hydrogens is 262 g/mol. The molecular formula is C13H16N3O2S+. The number of hydrogen-bond donors (Lipinski definition) is 1. The summed E-state index contributed by atoms with van der Waals surface area (Å²) in [5, 5.41) is 0. The van der Waals surface area contributed by atoms with Crippen LogP contribution in [-0.4, -0.2) is 13.4 Å². The van der Waals surface area contributed by atoms with E-state index in [4.69, 9.17) is 5.73 Å². The molecule has 0 aliphatic carbocycles. The van der Waals surface area contributed by atoms with E-state index in [1.165, 1.54) is 0 Å². The lowest BCUT2D eigenvalue weighted by Gasteiger charge is -2.05. The zero-order valence-electron chi connectivity index (χ0n) is 10.9. The van der Waals surface area contributed by atoms with Gasteiger partial charge in [-0.15, -0.1) is 0 Å². The summed E-state index contributed by atoms with van der Waals surface area (Å²) < 4.78 is 26.3. The molecule has 0 radical (unpaired) electrons. The van der Waals surface area contributed by atoms with Crippen LogP contribution in [0.1, 0.15) is 11.4 Å². The molecule has 0 atom stereocenters. The summed E-state index contributed by atoms with van der Waals surface area (Å²) in [5.41, 5.74) is 6.30. The lowest BCUT2D eigenvalue weighted by molar-refractivity contribution is -0.681. The molecule has 5 nitrogen and oxygen atoms in total. The summed E-state index contributed by atoms with van der Waals surface area (Å²) in [5.74, 6) is 0.845. The van der Waals surface area contributed by atoms with E-state index in [1.807, 2.05) is 6.92 Å². The Morgan fingerprint density at radius 2 is 1.89 bits per heavy atom. The van der Waals surface area contributed by atoms with Gasteiger partial charge in [0.15, 0.2) is 9.84 Å². The summed E-state index contributed by atoms with van der Waals surface area (Å²) >= 11 is 0. The van der Waals surface area contributed by atoms with Gasteiger partial charge in [-0.3, -0.25) is 0 Å². The van der Waals surface area contributed by atoms with Gasteiger partial charge in [-0.1, -0.05) is 18.2 Å². The molecule has 0 bridgehead atoms. The maximum absolute atomic E-state index is 12.3. The number of nitrogens with zero attached hydrogens (tertiary/aromatic N) is 2. The molecule has 1 aromatic carbocycles. The molecule has 1 aromatic heterocycles. The molecule has 0 saturated carbocycles. The normalized spacial score (nSPS) is 11.5. The van der Waals surface area contributed by atoms with Crippen LogP contribution in [-0.2, 0) is 22.6 Å². The van der Waals surface area contributed by atoms with Crippen molar-refractivity contribution < 1.29 is 13.0 Å². The highest BCUT2D eigenvalue weighted by atomic mass is 32.2. The van der Waals surface area contributed by atoms with Crippen LogP contribution >= 0.6 is 0 Å². The van der Waals surface area contributed by atoms with Gasteiger partial charge in [-0.05, 0) is 17.1 Å². The van der Waals surface area contributed by atoms with E-state index in [1.54, 1.807) is 48.1 Å². The number of rotatable bonds is 3. The fraction of sp³-hybridized carbons (Fsp3) is 0.231. The van der Waals surface area contributed by atoms with E-state index in [0.29, 0.717) is 5.56 Å². The van der Waals surface area contributed by atoms with Gasteiger partial charge in [0.2, 0.25) is 5.82 Å². The second kappa shape index (κ2) is 4.97. The van der Waals surface area contributed by atoms with Gasteiger partial charge in [0.1, 0.15) is 6.20 Å². The van der Waals surface area contributed by atoms with Crippen molar-refractivity contribution in [2.45, 2.75) is 17.6 Å². The first kappa shape index (κ1) is 13.5. The van der Waals surface area contributed by atoms with E-state index in [0.717, 1.165) is 5.82 Å². The van der Waals surface area contributed by atoms with Crippen LogP contribution in [0.15, 0.2) is 41.4 Å². The minimum atomic E-state index is -3.40. The predicted octanol–water partition coefficient (Wildman–Crippen LogP) is 0.771. The summed E-state index contributed by atoms with van der Waals surface area (Å²) in [7, 11) is -1.59. The maximum atomic E-state index is 12.3. The first-order valence-electron chi connectivity index (χ1n) is 5.79. The van der Waals surface area contributed by atoms with Crippen LogP contribution in [0.2, 0.25) is 0 Å². The Hall–Kier alpha value is -1.95. The van der Waals surface area contributed by atoms with Crippen molar-refractivity contribution in [1.82, 2.24) is 4.98 Å². The Morgan fingerprint density at radius 3 is 2.53 bits per heavy atom. The molecule has 1 heterocycles. The average Bonchev–Trinajstić information content (AvgIpc) is 2.37. The molecule has 0 aliphatic heterocycles. The van der Waals surface area contributed by atoms with E-state index in [-0.39, 0.29) is 16.5 Å². The van der Waals surface area contributed by atoms with E-state index in [2.05, 4.69) is 4.98 Å². The topological polar surface area (TPSA) is 76.9 Å². The smallest absolute Gasteiger partial charge is 0.297 e. The Morgan fingerprint density at radius 1 is 1.26 bits per heavy atom. The number of hydrogen-bond acceptors (Lipinski definition) is 4. The van der Waals surface area contributed by atoms with Crippen molar-refractivity contribution in [3.63, 3.8) is 0 Å². The Balaban J connectivity index is 2.39. The maximum Gasteiger partial charge on any atom is 0.297 e. The van der Waals surface area contributed by atoms with Gasteiger partial charge in [0, 0.05) is 6.92 Å². The standard InChI is InChI=1S/C13H15N3O2S/c1-10-15-13(14)11(8-16(10)2)9-19(17,18)12-6-4-3-5-7-12/h3-8,14H,9H2,1-2H3/p+1. The van der Waals surface area contributed by atoms with Crippen LogP contribution in [0, 0.1) is 6.92 Å². The minimum absolute atomic E-state index is 0.149. The molecule has 0 saturated heterocycles. The number of nitrogens with two attached hydrogens (primary N) is 1. The SMILES string of the molecule is Cc1nc(N)c(CS(=O)(=O)c2ccccc2)c[n+]1C. The third-order valence-electron chi connectivity index (χ3n) is 2.92. The van der Waals surface area contributed by atoms with Gasteiger partial charge in [-0.2, -0.15) is 0 Å². The lowest BCUT2D eigenvalue weighted by Crippen LogP contribution is -2.34. The van der Waals surface area contributed by atoms with Crippen LogP contribution in [0.4, 0.5) is 5.82 Å². The zero-order valence-corrected chi connectivity index (χ0v) is 11.7. The number of nitrogen functional groups attached to an aromatic ring is 1. The van der Waals surface area contributed by atoms with Crippen molar-refractivity contribution in [1.29, 1.82) is 0 Å². The number of aromatic nitrogens is 2. The van der Waals surface area contributed by atoms with Gasteiger partial charge >= 0.3 is 0 Å². The van der Waals surface area contributed by atoms with E-state index < -0.39 is 9.84 Å².